The van der Waals surface area contributed by atoms with Crippen LogP contribution in [0.15, 0.2) is 28.0 Å². The maximum Gasteiger partial charge on any atom is 0.00830 e. The monoisotopic (exact) mass is 253 g/mol. The first-order valence-electron chi connectivity index (χ1n) is 5.81. The maximum atomic E-state index is 3.88. The number of thioether (sulfide) groups is 2. The van der Waals surface area contributed by atoms with Crippen molar-refractivity contribution in [3.8, 4) is 0 Å². The van der Waals surface area contributed by atoms with Gasteiger partial charge in [0.05, 0.1) is 0 Å². The summed E-state index contributed by atoms with van der Waals surface area (Å²) in [7, 11) is 0. The Kier molecular flexibility index (Phi) is 7.06. The van der Waals surface area contributed by atoms with Gasteiger partial charge in [-0.05, 0) is 49.1 Å². The van der Waals surface area contributed by atoms with Gasteiger partial charge in [0.1, 0.15) is 0 Å². The van der Waals surface area contributed by atoms with E-state index in [4.69, 9.17) is 0 Å². The molecule has 1 rings (SSSR count). The number of unbranched alkanes of at least 4 members (excludes halogenated alkanes) is 3. The molecule has 0 unspecified atom stereocenters. The van der Waals surface area contributed by atoms with Crippen molar-refractivity contribution in [2.45, 2.75) is 41.9 Å². The zero-order chi connectivity index (χ0) is 11.8. The van der Waals surface area contributed by atoms with Crippen molar-refractivity contribution < 1.29 is 0 Å². The SMILES string of the molecule is [CH2]CCCCCc1cc(SC)cc(SC)c1. The largest absolute Gasteiger partial charge is 0.130 e. The van der Waals surface area contributed by atoms with Crippen LogP contribution < -0.4 is 0 Å². The highest BCUT2D eigenvalue weighted by Crippen LogP contribution is 2.25. The van der Waals surface area contributed by atoms with Crippen LogP contribution in [0.5, 0.6) is 0 Å². The fourth-order valence-corrected chi connectivity index (χ4v) is 2.80. The van der Waals surface area contributed by atoms with Gasteiger partial charge in [-0.2, -0.15) is 0 Å². The minimum atomic E-state index is 1.07. The van der Waals surface area contributed by atoms with Crippen molar-refractivity contribution in [1.82, 2.24) is 0 Å². The third-order valence-electron chi connectivity index (χ3n) is 2.63. The minimum absolute atomic E-state index is 1.07. The molecule has 0 amide bonds. The van der Waals surface area contributed by atoms with Crippen LogP contribution in [-0.2, 0) is 6.42 Å². The van der Waals surface area contributed by atoms with Crippen molar-refractivity contribution in [2.24, 2.45) is 0 Å². The maximum absolute atomic E-state index is 3.88. The first-order valence-corrected chi connectivity index (χ1v) is 8.26. The van der Waals surface area contributed by atoms with Gasteiger partial charge in [0.2, 0.25) is 0 Å². The Morgan fingerprint density at radius 3 is 2.06 bits per heavy atom. The Labute approximate surface area is 109 Å². The number of benzene rings is 1. The number of aryl methyl sites for hydroxylation is 1. The second kappa shape index (κ2) is 8.08. The molecule has 16 heavy (non-hydrogen) atoms. The Hall–Kier alpha value is -0.0800. The van der Waals surface area contributed by atoms with Crippen molar-refractivity contribution in [3.05, 3.63) is 30.7 Å². The third-order valence-corrected chi connectivity index (χ3v) is 4.04. The summed E-state index contributed by atoms with van der Waals surface area (Å²) in [4.78, 5) is 2.78. The molecule has 0 aliphatic rings. The Morgan fingerprint density at radius 1 is 0.938 bits per heavy atom. The molecular weight excluding hydrogens is 232 g/mol. The highest BCUT2D eigenvalue weighted by Gasteiger charge is 2.00. The first kappa shape index (κ1) is 14.0. The van der Waals surface area contributed by atoms with Crippen LogP contribution in [-0.4, -0.2) is 12.5 Å². The van der Waals surface area contributed by atoms with Gasteiger partial charge in [0.15, 0.2) is 0 Å². The zero-order valence-electron chi connectivity index (χ0n) is 10.3. The highest BCUT2D eigenvalue weighted by molar-refractivity contribution is 7.99. The third kappa shape index (κ3) is 4.84. The summed E-state index contributed by atoms with van der Waals surface area (Å²) in [6, 6.07) is 6.93. The van der Waals surface area contributed by atoms with Crippen LogP contribution in [0, 0.1) is 6.92 Å². The summed E-state index contributed by atoms with van der Waals surface area (Å²) >= 11 is 3.67. The molecule has 0 saturated carbocycles. The Bertz CT molecular complexity index is 285. The van der Waals surface area contributed by atoms with Crippen molar-refractivity contribution in [1.29, 1.82) is 0 Å². The molecule has 0 N–H and O–H groups in total. The van der Waals surface area contributed by atoms with Crippen LogP contribution in [0.25, 0.3) is 0 Å². The van der Waals surface area contributed by atoms with E-state index >= 15 is 0 Å². The van der Waals surface area contributed by atoms with Crippen molar-refractivity contribution in [3.63, 3.8) is 0 Å². The summed E-state index contributed by atoms with van der Waals surface area (Å²) < 4.78 is 0. The minimum Gasteiger partial charge on any atom is -0.130 e. The van der Waals surface area contributed by atoms with E-state index in [2.05, 4.69) is 37.6 Å². The van der Waals surface area contributed by atoms with Gasteiger partial charge in [-0.15, -0.1) is 23.5 Å². The molecule has 1 aromatic rings. The van der Waals surface area contributed by atoms with E-state index in [9.17, 15) is 0 Å². The lowest BCUT2D eigenvalue weighted by atomic mass is 10.1. The van der Waals surface area contributed by atoms with Crippen LogP contribution in [0.2, 0.25) is 0 Å². The first-order chi connectivity index (χ1) is 7.80. The molecule has 0 saturated heterocycles. The van der Waals surface area contributed by atoms with E-state index in [0.29, 0.717) is 0 Å². The molecule has 2 heteroatoms. The van der Waals surface area contributed by atoms with Crippen LogP contribution >= 0.6 is 23.5 Å². The molecule has 1 radical (unpaired) electrons. The molecule has 0 nitrogen and oxygen atoms in total. The second-order valence-corrected chi connectivity index (χ2v) is 5.64. The topological polar surface area (TPSA) is 0 Å². The second-order valence-electron chi connectivity index (χ2n) is 3.89. The van der Waals surface area contributed by atoms with Crippen molar-refractivity contribution in [2.75, 3.05) is 12.5 Å². The van der Waals surface area contributed by atoms with Gasteiger partial charge in [-0.3, -0.25) is 0 Å². The van der Waals surface area contributed by atoms with E-state index in [1.54, 1.807) is 0 Å². The molecule has 0 heterocycles. The zero-order valence-corrected chi connectivity index (χ0v) is 11.9. The summed E-state index contributed by atoms with van der Waals surface area (Å²) in [6.45, 7) is 3.88. The molecule has 89 valence electrons. The average molecular weight is 253 g/mol. The van der Waals surface area contributed by atoms with E-state index in [-0.39, 0.29) is 0 Å². The standard InChI is InChI=1S/C14H21S2/c1-4-5-6-7-8-12-9-13(15-2)11-14(10-12)16-3/h9-11H,1,4-8H2,2-3H3. The normalized spacial score (nSPS) is 10.7. The molecule has 0 bridgehead atoms. The molecule has 1 aromatic carbocycles. The lowest BCUT2D eigenvalue weighted by Crippen LogP contribution is -1.88. The van der Waals surface area contributed by atoms with Crippen LogP contribution in [0.1, 0.15) is 31.2 Å². The van der Waals surface area contributed by atoms with Gasteiger partial charge in [0.25, 0.3) is 0 Å². The molecule has 0 aromatic heterocycles. The van der Waals surface area contributed by atoms with Gasteiger partial charge < -0.3 is 0 Å². The number of hydrogen-bond donors (Lipinski definition) is 0. The summed E-state index contributed by atoms with van der Waals surface area (Å²) in [5.41, 5.74) is 1.49. The predicted molar refractivity (Wildman–Crippen MR) is 77.5 cm³/mol. The molecule has 0 aliphatic carbocycles. The molecule has 0 atom stereocenters. The quantitative estimate of drug-likeness (QED) is 0.491. The van der Waals surface area contributed by atoms with Crippen LogP contribution in [0.3, 0.4) is 0 Å². The van der Waals surface area contributed by atoms with E-state index in [1.807, 2.05) is 23.5 Å². The fourth-order valence-electron chi connectivity index (χ4n) is 1.69. The summed E-state index contributed by atoms with van der Waals surface area (Å²) in [6.07, 6.45) is 10.4. The summed E-state index contributed by atoms with van der Waals surface area (Å²) in [5, 5.41) is 0. The predicted octanol–water partition coefficient (Wildman–Crippen LogP) is 5.07. The van der Waals surface area contributed by atoms with E-state index in [1.165, 1.54) is 41.0 Å². The van der Waals surface area contributed by atoms with Gasteiger partial charge in [0, 0.05) is 9.79 Å². The van der Waals surface area contributed by atoms with Gasteiger partial charge >= 0.3 is 0 Å². The highest BCUT2D eigenvalue weighted by atomic mass is 32.2. The molecule has 0 spiro atoms. The van der Waals surface area contributed by atoms with Gasteiger partial charge in [-0.25, -0.2) is 0 Å². The Morgan fingerprint density at radius 2 is 1.56 bits per heavy atom. The Balaban J connectivity index is 2.57. The fraction of sp³-hybridized carbons (Fsp3) is 0.500. The number of hydrogen-bond acceptors (Lipinski definition) is 2. The van der Waals surface area contributed by atoms with Crippen LogP contribution in [0.4, 0.5) is 0 Å². The van der Waals surface area contributed by atoms with E-state index in [0.717, 1.165) is 6.42 Å². The van der Waals surface area contributed by atoms with Gasteiger partial charge in [-0.1, -0.05) is 26.2 Å². The smallest absolute Gasteiger partial charge is 0.00830 e. The molecular formula is C14H21S2. The molecule has 0 aliphatic heterocycles. The lowest BCUT2D eigenvalue weighted by molar-refractivity contribution is 0.684. The summed E-state index contributed by atoms with van der Waals surface area (Å²) in [5.74, 6) is 0. The lowest BCUT2D eigenvalue weighted by Gasteiger charge is -2.07. The van der Waals surface area contributed by atoms with Crippen molar-refractivity contribution >= 4 is 23.5 Å². The van der Waals surface area contributed by atoms with E-state index < -0.39 is 0 Å². The molecule has 0 fully saturated rings. The number of rotatable bonds is 7. The average Bonchev–Trinajstić information content (AvgIpc) is 2.34.